The van der Waals surface area contributed by atoms with Gasteiger partial charge in [0.15, 0.2) is 11.4 Å². The number of hydrogen-bond donors (Lipinski definition) is 1. The van der Waals surface area contributed by atoms with Crippen molar-refractivity contribution in [3.05, 3.63) is 76.9 Å². The summed E-state index contributed by atoms with van der Waals surface area (Å²) in [5, 5.41) is 11.4. The van der Waals surface area contributed by atoms with Gasteiger partial charge in [-0.15, -0.1) is 0 Å². The Kier molecular flexibility index (Phi) is 2.76. The van der Waals surface area contributed by atoms with E-state index in [4.69, 9.17) is 0 Å². The predicted molar refractivity (Wildman–Crippen MR) is 93.5 cm³/mol. The Balaban J connectivity index is 1.69. The summed E-state index contributed by atoms with van der Waals surface area (Å²) in [6.07, 6.45) is 3.65. The van der Waals surface area contributed by atoms with Crippen molar-refractivity contribution < 1.29 is 9.90 Å². The Morgan fingerprint density at radius 2 is 1.88 bits per heavy atom. The predicted octanol–water partition coefficient (Wildman–Crippen LogP) is 3.97. The van der Waals surface area contributed by atoms with Crippen molar-refractivity contribution in [2.24, 2.45) is 11.8 Å². The fourth-order valence-corrected chi connectivity index (χ4v) is 5.33. The molecule has 4 unspecified atom stereocenters. The molecule has 0 heterocycles. The second-order valence-corrected chi connectivity index (χ2v) is 7.48. The Labute approximate surface area is 141 Å². The SMILES string of the molecule is Cc1ccc2c(c1)C1CC=C(c3ccccc3)C3CC(=O)C2(O)C31. The summed E-state index contributed by atoms with van der Waals surface area (Å²) in [4.78, 5) is 12.9. The molecule has 0 bridgehead atoms. The lowest BCUT2D eigenvalue weighted by Crippen LogP contribution is -2.36. The van der Waals surface area contributed by atoms with Crippen LogP contribution in [0.2, 0.25) is 0 Å². The van der Waals surface area contributed by atoms with Crippen molar-refractivity contribution in [2.75, 3.05) is 0 Å². The number of aryl methyl sites for hydroxylation is 1. The van der Waals surface area contributed by atoms with E-state index in [0.29, 0.717) is 6.42 Å². The van der Waals surface area contributed by atoms with Gasteiger partial charge in [0.1, 0.15) is 0 Å². The van der Waals surface area contributed by atoms with Crippen LogP contribution in [0.4, 0.5) is 0 Å². The van der Waals surface area contributed by atoms with Crippen LogP contribution in [0.1, 0.15) is 41.0 Å². The number of fused-ring (bicyclic) bond motifs is 3. The Morgan fingerprint density at radius 1 is 1.08 bits per heavy atom. The van der Waals surface area contributed by atoms with Gasteiger partial charge in [-0.3, -0.25) is 4.79 Å². The van der Waals surface area contributed by atoms with Crippen LogP contribution in [0.3, 0.4) is 0 Å². The van der Waals surface area contributed by atoms with E-state index in [9.17, 15) is 9.90 Å². The largest absolute Gasteiger partial charge is 0.377 e. The summed E-state index contributed by atoms with van der Waals surface area (Å²) in [5.41, 5.74) is 4.38. The van der Waals surface area contributed by atoms with E-state index in [2.05, 4.69) is 31.2 Å². The lowest BCUT2D eigenvalue weighted by Gasteiger charge is -2.34. The lowest BCUT2D eigenvalue weighted by molar-refractivity contribution is -0.137. The molecule has 2 aromatic rings. The van der Waals surface area contributed by atoms with Crippen LogP contribution in [0.25, 0.3) is 5.57 Å². The maximum atomic E-state index is 12.9. The average molecular weight is 316 g/mol. The van der Waals surface area contributed by atoms with Crippen LogP contribution in [0.5, 0.6) is 0 Å². The molecule has 2 heteroatoms. The molecular weight excluding hydrogens is 296 g/mol. The minimum Gasteiger partial charge on any atom is -0.377 e. The normalized spacial score (nSPS) is 33.2. The number of allylic oxidation sites excluding steroid dienone is 2. The summed E-state index contributed by atoms with van der Waals surface area (Å²) in [6.45, 7) is 2.08. The number of aliphatic hydroxyl groups is 1. The molecule has 0 aromatic heterocycles. The highest BCUT2D eigenvalue weighted by Gasteiger charge is 2.64. The van der Waals surface area contributed by atoms with E-state index >= 15 is 0 Å². The maximum absolute atomic E-state index is 12.9. The van der Waals surface area contributed by atoms with Crippen molar-refractivity contribution in [3.63, 3.8) is 0 Å². The first kappa shape index (κ1) is 14.2. The van der Waals surface area contributed by atoms with Crippen LogP contribution in [-0.2, 0) is 10.4 Å². The van der Waals surface area contributed by atoms with Crippen molar-refractivity contribution in [2.45, 2.75) is 31.3 Å². The van der Waals surface area contributed by atoms with E-state index in [1.54, 1.807) is 0 Å². The molecule has 1 saturated carbocycles. The van der Waals surface area contributed by atoms with E-state index < -0.39 is 5.60 Å². The Morgan fingerprint density at radius 3 is 2.67 bits per heavy atom. The van der Waals surface area contributed by atoms with Gasteiger partial charge in [0.25, 0.3) is 0 Å². The fraction of sp³-hybridized carbons (Fsp3) is 0.318. The molecule has 0 radical (unpaired) electrons. The minimum absolute atomic E-state index is 0.00571. The van der Waals surface area contributed by atoms with Gasteiger partial charge in [-0.2, -0.15) is 0 Å². The van der Waals surface area contributed by atoms with Crippen LogP contribution < -0.4 is 0 Å². The molecule has 4 atom stereocenters. The molecule has 2 aromatic carbocycles. The second-order valence-electron chi connectivity index (χ2n) is 7.48. The zero-order valence-electron chi connectivity index (χ0n) is 13.7. The third-order valence-electron chi connectivity index (χ3n) is 6.30. The first-order valence-corrected chi connectivity index (χ1v) is 8.73. The number of hydrogen-bond acceptors (Lipinski definition) is 2. The van der Waals surface area contributed by atoms with Crippen LogP contribution in [0, 0.1) is 18.8 Å². The van der Waals surface area contributed by atoms with Gasteiger partial charge in [0.05, 0.1) is 0 Å². The molecule has 0 saturated heterocycles. The summed E-state index contributed by atoms with van der Waals surface area (Å²) in [5.74, 6) is 0.362. The monoisotopic (exact) mass is 316 g/mol. The standard InChI is InChI=1S/C22H20O2/c1-13-7-10-19-17(11-13)16-9-8-15(14-5-3-2-4-6-14)18-12-20(23)22(19,24)21(16)18/h2-8,10-11,16,18,21,24H,9,12H2,1H3. The number of ketones is 1. The van der Waals surface area contributed by atoms with Crippen molar-refractivity contribution >= 4 is 11.4 Å². The highest BCUT2D eigenvalue weighted by atomic mass is 16.3. The third-order valence-corrected chi connectivity index (χ3v) is 6.30. The molecule has 0 amide bonds. The fourth-order valence-electron chi connectivity index (χ4n) is 5.33. The molecule has 120 valence electrons. The molecule has 1 fully saturated rings. The molecular formula is C22H20O2. The van der Waals surface area contributed by atoms with Gasteiger partial charge in [-0.1, -0.05) is 60.2 Å². The first-order valence-electron chi connectivity index (χ1n) is 8.73. The number of carbonyl (C=O) groups is 1. The highest BCUT2D eigenvalue weighted by molar-refractivity contribution is 5.96. The molecule has 1 N–H and O–H groups in total. The highest BCUT2D eigenvalue weighted by Crippen LogP contribution is 2.63. The van der Waals surface area contributed by atoms with Crippen LogP contribution in [-0.4, -0.2) is 10.9 Å². The molecule has 5 rings (SSSR count). The van der Waals surface area contributed by atoms with Gasteiger partial charge in [0, 0.05) is 12.3 Å². The maximum Gasteiger partial charge on any atom is 0.169 e. The van der Waals surface area contributed by atoms with E-state index in [-0.39, 0.29) is 23.5 Å². The van der Waals surface area contributed by atoms with E-state index in [0.717, 1.165) is 12.0 Å². The zero-order chi connectivity index (χ0) is 16.5. The lowest BCUT2D eigenvalue weighted by atomic mass is 9.70. The van der Waals surface area contributed by atoms with Gasteiger partial charge < -0.3 is 5.11 Å². The number of benzene rings is 2. The van der Waals surface area contributed by atoms with Gasteiger partial charge in [-0.05, 0) is 47.4 Å². The molecule has 2 nitrogen and oxygen atoms in total. The van der Waals surface area contributed by atoms with Crippen LogP contribution >= 0.6 is 0 Å². The van der Waals surface area contributed by atoms with Crippen LogP contribution in [0.15, 0.2) is 54.6 Å². The zero-order valence-corrected chi connectivity index (χ0v) is 13.7. The summed E-state index contributed by atoms with van der Waals surface area (Å²) < 4.78 is 0. The van der Waals surface area contributed by atoms with E-state index in [1.165, 1.54) is 22.3 Å². The molecule has 24 heavy (non-hydrogen) atoms. The van der Waals surface area contributed by atoms with Crippen molar-refractivity contribution in [3.8, 4) is 0 Å². The number of Topliss-reactive ketones (excluding diaryl/α,β-unsaturated/α-hetero) is 1. The van der Waals surface area contributed by atoms with Gasteiger partial charge >= 0.3 is 0 Å². The van der Waals surface area contributed by atoms with E-state index in [1.807, 2.05) is 30.3 Å². The molecule has 3 aliphatic rings. The summed E-state index contributed by atoms with van der Waals surface area (Å²) in [6, 6.07) is 16.5. The molecule has 0 spiro atoms. The minimum atomic E-state index is -1.29. The number of carbonyl (C=O) groups excluding carboxylic acids is 1. The smallest absolute Gasteiger partial charge is 0.169 e. The van der Waals surface area contributed by atoms with Crippen molar-refractivity contribution in [1.82, 2.24) is 0 Å². The number of rotatable bonds is 1. The Bertz CT molecular complexity index is 880. The molecule has 3 aliphatic carbocycles. The Hall–Kier alpha value is -2.19. The molecule has 0 aliphatic heterocycles. The van der Waals surface area contributed by atoms with Gasteiger partial charge in [-0.25, -0.2) is 0 Å². The topological polar surface area (TPSA) is 37.3 Å². The van der Waals surface area contributed by atoms with Gasteiger partial charge in [0.2, 0.25) is 0 Å². The second kappa shape index (κ2) is 4.67. The first-order chi connectivity index (χ1) is 11.6. The average Bonchev–Trinajstić information content (AvgIpc) is 3.01. The summed E-state index contributed by atoms with van der Waals surface area (Å²) >= 11 is 0. The quantitative estimate of drug-likeness (QED) is 0.864. The third kappa shape index (κ3) is 1.62. The summed E-state index contributed by atoms with van der Waals surface area (Å²) in [7, 11) is 0. The van der Waals surface area contributed by atoms with Crippen molar-refractivity contribution in [1.29, 1.82) is 0 Å².